The predicted octanol–water partition coefficient (Wildman–Crippen LogP) is 4.07. The third-order valence-corrected chi connectivity index (χ3v) is 3.23. The molecule has 1 aromatic carbocycles. The van der Waals surface area contributed by atoms with Gasteiger partial charge in [-0.1, -0.05) is 32.0 Å². The molecule has 0 bridgehead atoms. The maximum atomic E-state index is 5.51. The number of methoxy groups -OCH3 is 1. The van der Waals surface area contributed by atoms with E-state index in [4.69, 9.17) is 4.74 Å². The Kier molecular flexibility index (Phi) is 3.43. The SMILES string of the molecule is COC(C)c1c(C(C)C)cnc2ccccc12. The van der Waals surface area contributed by atoms with Gasteiger partial charge in [0.2, 0.25) is 0 Å². The summed E-state index contributed by atoms with van der Waals surface area (Å²) in [6, 6.07) is 8.25. The molecule has 1 atom stereocenters. The van der Waals surface area contributed by atoms with Gasteiger partial charge in [0.15, 0.2) is 0 Å². The number of benzene rings is 1. The summed E-state index contributed by atoms with van der Waals surface area (Å²) < 4.78 is 5.51. The Labute approximate surface area is 103 Å². The summed E-state index contributed by atoms with van der Waals surface area (Å²) in [4.78, 5) is 4.52. The van der Waals surface area contributed by atoms with E-state index in [0.717, 1.165) is 5.52 Å². The van der Waals surface area contributed by atoms with Gasteiger partial charge in [0.05, 0.1) is 11.6 Å². The summed E-state index contributed by atoms with van der Waals surface area (Å²) in [7, 11) is 1.75. The molecule has 2 nitrogen and oxygen atoms in total. The zero-order chi connectivity index (χ0) is 12.4. The Morgan fingerprint density at radius 1 is 1.12 bits per heavy atom. The number of para-hydroxylation sites is 1. The summed E-state index contributed by atoms with van der Waals surface area (Å²) in [6.07, 6.45) is 2.08. The molecule has 0 aliphatic carbocycles. The van der Waals surface area contributed by atoms with Crippen molar-refractivity contribution in [1.82, 2.24) is 4.98 Å². The topological polar surface area (TPSA) is 22.1 Å². The first kappa shape index (κ1) is 12.1. The molecule has 0 aliphatic rings. The molecular weight excluding hydrogens is 210 g/mol. The monoisotopic (exact) mass is 229 g/mol. The fourth-order valence-electron chi connectivity index (χ4n) is 2.21. The van der Waals surface area contributed by atoms with Crippen molar-refractivity contribution in [3.8, 4) is 0 Å². The molecule has 1 aromatic heterocycles. The molecule has 0 spiro atoms. The Hall–Kier alpha value is -1.41. The zero-order valence-corrected chi connectivity index (χ0v) is 10.9. The lowest BCUT2D eigenvalue weighted by Crippen LogP contribution is -2.05. The van der Waals surface area contributed by atoms with Gasteiger partial charge in [0.1, 0.15) is 0 Å². The second-order valence-electron chi connectivity index (χ2n) is 4.68. The van der Waals surface area contributed by atoms with E-state index in [2.05, 4.69) is 37.9 Å². The van der Waals surface area contributed by atoms with Gasteiger partial charge in [-0.2, -0.15) is 0 Å². The molecule has 0 amide bonds. The molecule has 0 saturated heterocycles. The van der Waals surface area contributed by atoms with Crippen molar-refractivity contribution in [3.63, 3.8) is 0 Å². The molecule has 0 saturated carbocycles. The van der Waals surface area contributed by atoms with Crippen LogP contribution in [0.2, 0.25) is 0 Å². The number of pyridine rings is 1. The average molecular weight is 229 g/mol. The van der Waals surface area contributed by atoms with Crippen LogP contribution in [0.5, 0.6) is 0 Å². The highest BCUT2D eigenvalue weighted by atomic mass is 16.5. The number of aromatic nitrogens is 1. The number of hydrogen-bond donors (Lipinski definition) is 0. The molecule has 90 valence electrons. The normalized spacial score (nSPS) is 13.2. The van der Waals surface area contributed by atoms with Crippen molar-refractivity contribution in [2.24, 2.45) is 0 Å². The fraction of sp³-hybridized carbons (Fsp3) is 0.400. The Morgan fingerprint density at radius 2 is 1.82 bits per heavy atom. The lowest BCUT2D eigenvalue weighted by atomic mass is 9.93. The molecule has 2 aromatic rings. The van der Waals surface area contributed by atoms with E-state index in [-0.39, 0.29) is 6.10 Å². The first-order chi connectivity index (χ1) is 8.15. The van der Waals surface area contributed by atoms with Gasteiger partial charge < -0.3 is 4.74 Å². The van der Waals surface area contributed by atoms with Gasteiger partial charge in [-0.15, -0.1) is 0 Å². The molecule has 0 N–H and O–H groups in total. The van der Waals surface area contributed by atoms with Crippen LogP contribution in [0.25, 0.3) is 10.9 Å². The van der Waals surface area contributed by atoms with Gasteiger partial charge in [-0.05, 0) is 30.0 Å². The lowest BCUT2D eigenvalue weighted by molar-refractivity contribution is 0.119. The lowest BCUT2D eigenvalue weighted by Gasteiger charge is -2.19. The minimum absolute atomic E-state index is 0.0975. The van der Waals surface area contributed by atoms with Crippen molar-refractivity contribution in [3.05, 3.63) is 41.6 Å². The van der Waals surface area contributed by atoms with Gasteiger partial charge in [0, 0.05) is 18.7 Å². The second kappa shape index (κ2) is 4.84. The smallest absolute Gasteiger partial charge is 0.0802 e. The van der Waals surface area contributed by atoms with E-state index in [1.807, 2.05) is 18.3 Å². The Morgan fingerprint density at radius 3 is 2.47 bits per heavy atom. The second-order valence-corrected chi connectivity index (χ2v) is 4.68. The van der Waals surface area contributed by atoms with Crippen molar-refractivity contribution in [2.45, 2.75) is 32.8 Å². The van der Waals surface area contributed by atoms with Crippen LogP contribution in [0, 0.1) is 0 Å². The number of fused-ring (bicyclic) bond motifs is 1. The minimum Gasteiger partial charge on any atom is -0.377 e. The van der Waals surface area contributed by atoms with Gasteiger partial charge in [-0.25, -0.2) is 0 Å². The van der Waals surface area contributed by atoms with E-state index in [1.165, 1.54) is 16.5 Å². The van der Waals surface area contributed by atoms with Crippen LogP contribution in [-0.4, -0.2) is 12.1 Å². The largest absolute Gasteiger partial charge is 0.377 e. The molecular formula is C15H19NO. The van der Waals surface area contributed by atoms with Gasteiger partial charge in [0.25, 0.3) is 0 Å². The summed E-state index contributed by atoms with van der Waals surface area (Å²) >= 11 is 0. The van der Waals surface area contributed by atoms with Crippen LogP contribution >= 0.6 is 0 Å². The summed E-state index contributed by atoms with van der Waals surface area (Å²) in [5.74, 6) is 0.458. The first-order valence-electron chi connectivity index (χ1n) is 6.05. The van der Waals surface area contributed by atoms with E-state index in [0.29, 0.717) is 5.92 Å². The third kappa shape index (κ3) is 2.18. The molecule has 1 heterocycles. The fourth-order valence-corrected chi connectivity index (χ4v) is 2.21. The average Bonchev–Trinajstić information content (AvgIpc) is 2.36. The van der Waals surface area contributed by atoms with Gasteiger partial charge >= 0.3 is 0 Å². The van der Waals surface area contributed by atoms with Crippen LogP contribution in [0.1, 0.15) is 43.9 Å². The quantitative estimate of drug-likeness (QED) is 0.791. The summed E-state index contributed by atoms with van der Waals surface area (Å²) in [6.45, 7) is 6.48. The van der Waals surface area contributed by atoms with Crippen molar-refractivity contribution < 1.29 is 4.74 Å². The van der Waals surface area contributed by atoms with Crippen LogP contribution in [0.4, 0.5) is 0 Å². The molecule has 0 aliphatic heterocycles. The number of hydrogen-bond acceptors (Lipinski definition) is 2. The Bertz CT molecular complexity index is 519. The van der Waals surface area contributed by atoms with E-state index >= 15 is 0 Å². The molecule has 1 unspecified atom stereocenters. The molecule has 0 radical (unpaired) electrons. The minimum atomic E-state index is 0.0975. The number of ether oxygens (including phenoxy) is 1. The van der Waals surface area contributed by atoms with E-state index < -0.39 is 0 Å². The highest BCUT2D eigenvalue weighted by molar-refractivity contribution is 5.83. The van der Waals surface area contributed by atoms with Crippen molar-refractivity contribution >= 4 is 10.9 Å². The highest BCUT2D eigenvalue weighted by Crippen LogP contribution is 2.32. The molecule has 17 heavy (non-hydrogen) atoms. The summed E-state index contributed by atoms with van der Waals surface area (Å²) in [5.41, 5.74) is 3.59. The van der Waals surface area contributed by atoms with Crippen LogP contribution in [0.15, 0.2) is 30.5 Å². The maximum Gasteiger partial charge on any atom is 0.0802 e. The molecule has 2 heteroatoms. The van der Waals surface area contributed by atoms with Crippen molar-refractivity contribution in [1.29, 1.82) is 0 Å². The van der Waals surface area contributed by atoms with E-state index in [1.54, 1.807) is 7.11 Å². The number of rotatable bonds is 3. The molecule has 2 rings (SSSR count). The van der Waals surface area contributed by atoms with Crippen LogP contribution in [0.3, 0.4) is 0 Å². The number of nitrogens with zero attached hydrogens (tertiary/aromatic N) is 1. The highest BCUT2D eigenvalue weighted by Gasteiger charge is 2.16. The van der Waals surface area contributed by atoms with Crippen LogP contribution in [-0.2, 0) is 4.74 Å². The standard InChI is InChI=1S/C15H19NO/c1-10(2)13-9-16-14-8-6-5-7-12(14)15(13)11(3)17-4/h5-11H,1-4H3. The van der Waals surface area contributed by atoms with Gasteiger partial charge in [-0.3, -0.25) is 4.98 Å². The summed E-state index contributed by atoms with van der Waals surface area (Å²) in [5, 5.41) is 1.20. The maximum absolute atomic E-state index is 5.51. The van der Waals surface area contributed by atoms with Crippen LogP contribution < -0.4 is 0 Å². The molecule has 0 fully saturated rings. The predicted molar refractivity (Wildman–Crippen MR) is 71.3 cm³/mol. The van der Waals surface area contributed by atoms with E-state index in [9.17, 15) is 0 Å². The zero-order valence-electron chi connectivity index (χ0n) is 10.9. The first-order valence-corrected chi connectivity index (χ1v) is 6.05. The Balaban J connectivity index is 2.75. The third-order valence-electron chi connectivity index (χ3n) is 3.23. The van der Waals surface area contributed by atoms with Crippen molar-refractivity contribution in [2.75, 3.05) is 7.11 Å².